The van der Waals surface area contributed by atoms with Crippen molar-refractivity contribution in [2.24, 2.45) is 5.92 Å². The zero-order valence-corrected chi connectivity index (χ0v) is 11.5. The van der Waals surface area contributed by atoms with Crippen molar-refractivity contribution in [3.63, 3.8) is 0 Å². The van der Waals surface area contributed by atoms with Crippen molar-refractivity contribution < 1.29 is 9.84 Å². The molecule has 0 heterocycles. The highest BCUT2D eigenvalue weighted by Crippen LogP contribution is 2.27. The van der Waals surface area contributed by atoms with Crippen LogP contribution in [0.4, 0.5) is 0 Å². The lowest BCUT2D eigenvalue weighted by atomic mass is 9.93. The van der Waals surface area contributed by atoms with Crippen LogP contribution in [0.2, 0.25) is 0 Å². The minimum Gasteiger partial charge on any atom is -0.496 e. The van der Waals surface area contributed by atoms with E-state index in [1.54, 1.807) is 7.11 Å². The maximum Gasteiger partial charge on any atom is 0.122 e. The summed E-state index contributed by atoms with van der Waals surface area (Å²) in [5.41, 5.74) is 2.51. The van der Waals surface area contributed by atoms with Gasteiger partial charge in [-0.2, -0.15) is 0 Å². The Balaban J connectivity index is 2.97. The van der Waals surface area contributed by atoms with Crippen LogP contribution >= 0.6 is 0 Å². The van der Waals surface area contributed by atoms with E-state index in [0.717, 1.165) is 12.2 Å². The molecule has 2 unspecified atom stereocenters. The molecule has 0 spiro atoms. The lowest BCUT2D eigenvalue weighted by Crippen LogP contribution is -2.16. The van der Waals surface area contributed by atoms with E-state index in [9.17, 15) is 5.11 Å². The third-order valence-corrected chi connectivity index (χ3v) is 3.34. The van der Waals surface area contributed by atoms with Gasteiger partial charge >= 0.3 is 0 Å². The average Bonchev–Trinajstić information content (AvgIpc) is 2.28. The maximum absolute atomic E-state index is 9.58. The van der Waals surface area contributed by atoms with E-state index < -0.39 is 0 Å². The van der Waals surface area contributed by atoms with Crippen molar-refractivity contribution in [3.8, 4) is 5.75 Å². The molecule has 0 radical (unpaired) electrons. The summed E-state index contributed by atoms with van der Waals surface area (Å²) in [5, 5.41) is 9.58. The molecule has 1 aromatic carbocycles. The lowest BCUT2D eigenvalue weighted by molar-refractivity contribution is 0.134. The van der Waals surface area contributed by atoms with E-state index in [4.69, 9.17) is 4.74 Å². The quantitative estimate of drug-likeness (QED) is 0.849. The lowest BCUT2D eigenvalue weighted by Gasteiger charge is -2.18. The van der Waals surface area contributed by atoms with E-state index in [-0.39, 0.29) is 12.0 Å². The molecular formula is C15H24O2. The Morgan fingerprint density at radius 3 is 2.29 bits per heavy atom. The molecule has 0 fully saturated rings. The highest BCUT2D eigenvalue weighted by molar-refractivity contribution is 5.38. The number of aliphatic hydroxyl groups excluding tert-OH is 1. The fraction of sp³-hybridized carbons (Fsp3) is 0.600. The van der Waals surface area contributed by atoms with E-state index in [2.05, 4.69) is 32.9 Å². The number of methoxy groups -OCH3 is 1. The fourth-order valence-corrected chi connectivity index (χ4v) is 1.83. The molecule has 17 heavy (non-hydrogen) atoms. The molecule has 0 aliphatic carbocycles. The zero-order valence-electron chi connectivity index (χ0n) is 11.5. The summed E-state index contributed by atoms with van der Waals surface area (Å²) >= 11 is 0. The van der Waals surface area contributed by atoms with Crippen molar-refractivity contribution in [1.29, 1.82) is 0 Å². The molecule has 0 aromatic heterocycles. The number of hydrogen-bond donors (Lipinski definition) is 1. The number of ether oxygens (including phenoxy) is 1. The molecule has 0 bridgehead atoms. The molecule has 0 aliphatic heterocycles. The first-order valence-electron chi connectivity index (χ1n) is 6.30. The largest absolute Gasteiger partial charge is 0.496 e. The Hall–Kier alpha value is -1.02. The second-order valence-corrected chi connectivity index (χ2v) is 5.15. The number of aliphatic hydroxyl groups is 1. The Labute approximate surface area is 105 Å². The van der Waals surface area contributed by atoms with Gasteiger partial charge in [0.15, 0.2) is 0 Å². The Bertz CT molecular complexity index is 356. The van der Waals surface area contributed by atoms with Crippen molar-refractivity contribution in [1.82, 2.24) is 0 Å². The fourth-order valence-electron chi connectivity index (χ4n) is 1.83. The molecule has 0 saturated heterocycles. The van der Waals surface area contributed by atoms with Gasteiger partial charge < -0.3 is 9.84 Å². The average molecular weight is 236 g/mol. The topological polar surface area (TPSA) is 29.5 Å². The number of hydrogen-bond acceptors (Lipinski definition) is 2. The van der Waals surface area contributed by atoms with Gasteiger partial charge in [0.1, 0.15) is 5.75 Å². The van der Waals surface area contributed by atoms with E-state index >= 15 is 0 Å². The van der Waals surface area contributed by atoms with Gasteiger partial charge in [0, 0.05) is 0 Å². The van der Waals surface area contributed by atoms with Crippen LogP contribution in [-0.2, 0) is 6.42 Å². The summed E-state index contributed by atoms with van der Waals surface area (Å²) in [6.45, 7) is 8.27. The highest BCUT2D eigenvalue weighted by atomic mass is 16.5. The molecule has 1 rings (SSSR count). The minimum absolute atomic E-state index is 0.242. The monoisotopic (exact) mass is 236 g/mol. The van der Waals surface area contributed by atoms with Crippen LogP contribution in [0.15, 0.2) is 18.2 Å². The van der Waals surface area contributed by atoms with Gasteiger partial charge in [-0.3, -0.25) is 0 Å². The molecule has 0 aliphatic rings. The highest BCUT2D eigenvalue weighted by Gasteiger charge is 2.14. The number of rotatable bonds is 5. The Kier molecular flexibility index (Phi) is 5.01. The van der Waals surface area contributed by atoms with E-state index in [0.29, 0.717) is 5.92 Å². The van der Waals surface area contributed by atoms with E-state index in [1.165, 1.54) is 11.1 Å². The van der Waals surface area contributed by atoms with Crippen molar-refractivity contribution in [2.45, 2.75) is 46.1 Å². The Morgan fingerprint density at radius 2 is 1.82 bits per heavy atom. The van der Waals surface area contributed by atoms with Crippen LogP contribution in [0.5, 0.6) is 5.75 Å². The molecule has 2 nitrogen and oxygen atoms in total. The van der Waals surface area contributed by atoms with Crippen LogP contribution in [0.25, 0.3) is 0 Å². The van der Waals surface area contributed by atoms with Gasteiger partial charge in [-0.05, 0) is 42.4 Å². The van der Waals surface area contributed by atoms with Gasteiger partial charge in [0.25, 0.3) is 0 Å². The van der Waals surface area contributed by atoms with Crippen molar-refractivity contribution in [2.75, 3.05) is 7.11 Å². The first kappa shape index (κ1) is 14.0. The van der Waals surface area contributed by atoms with Crippen LogP contribution in [0, 0.1) is 5.92 Å². The van der Waals surface area contributed by atoms with Gasteiger partial charge in [0.05, 0.1) is 13.2 Å². The zero-order chi connectivity index (χ0) is 13.0. The summed E-state index contributed by atoms with van der Waals surface area (Å²) in [6, 6.07) is 6.34. The normalized spacial score (nSPS) is 14.8. The van der Waals surface area contributed by atoms with Crippen molar-refractivity contribution in [3.05, 3.63) is 29.3 Å². The van der Waals surface area contributed by atoms with Crippen molar-refractivity contribution >= 4 is 0 Å². The number of benzene rings is 1. The molecular weight excluding hydrogens is 212 g/mol. The van der Waals surface area contributed by atoms with Crippen LogP contribution in [-0.4, -0.2) is 18.3 Å². The van der Waals surface area contributed by atoms with Gasteiger partial charge in [0.2, 0.25) is 0 Å². The predicted molar refractivity (Wildman–Crippen MR) is 71.6 cm³/mol. The first-order valence-corrected chi connectivity index (χ1v) is 6.30. The minimum atomic E-state index is -0.289. The Morgan fingerprint density at radius 1 is 1.18 bits per heavy atom. The van der Waals surface area contributed by atoms with Crippen LogP contribution < -0.4 is 4.74 Å². The van der Waals surface area contributed by atoms with E-state index in [1.807, 2.05) is 13.0 Å². The summed E-state index contributed by atoms with van der Waals surface area (Å²) in [6.07, 6.45) is 0.559. The van der Waals surface area contributed by atoms with Gasteiger partial charge in [-0.15, -0.1) is 0 Å². The molecule has 1 N–H and O–H groups in total. The summed E-state index contributed by atoms with van der Waals surface area (Å²) < 4.78 is 5.38. The van der Waals surface area contributed by atoms with Crippen LogP contribution in [0.1, 0.15) is 44.7 Å². The predicted octanol–water partition coefficient (Wildman–Crippen LogP) is 3.38. The summed E-state index contributed by atoms with van der Waals surface area (Å²) in [4.78, 5) is 0. The molecule has 0 saturated carbocycles. The van der Waals surface area contributed by atoms with Gasteiger partial charge in [-0.25, -0.2) is 0 Å². The maximum atomic E-state index is 9.58. The smallest absolute Gasteiger partial charge is 0.122 e. The first-order chi connectivity index (χ1) is 7.95. The summed E-state index contributed by atoms with van der Waals surface area (Å²) in [7, 11) is 1.70. The summed E-state index contributed by atoms with van der Waals surface area (Å²) in [5.74, 6) is 1.68. The molecule has 96 valence electrons. The molecule has 2 atom stereocenters. The van der Waals surface area contributed by atoms with Gasteiger partial charge in [-0.1, -0.05) is 32.9 Å². The molecule has 1 aromatic rings. The second kappa shape index (κ2) is 6.06. The SMILES string of the molecule is COc1ccc(C(C)C)cc1CC(C)C(C)O. The van der Waals surface area contributed by atoms with Crippen LogP contribution in [0.3, 0.4) is 0 Å². The third-order valence-electron chi connectivity index (χ3n) is 3.34. The second-order valence-electron chi connectivity index (χ2n) is 5.15. The third kappa shape index (κ3) is 3.74. The molecule has 2 heteroatoms. The standard InChI is InChI=1S/C15H24O2/c1-10(2)13-6-7-15(17-5)14(9-13)8-11(3)12(4)16/h6-7,9-12,16H,8H2,1-5H3. The molecule has 0 amide bonds.